The molecule has 0 radical (unpaired) electrons. The van der Waals surface area contributed by atoms with Crippen molar-refractivity contribution in [2.75, 3.05) is 19.6 Å². The molecule has 18 heavy (non-hydrogen) atoms. The normalized spacial score (nSPS) is 18.4. The van der Waals surface area contributed by atoms with Gasteiger partial charge in [0.2, 0.25) is 0 Å². The number of carbonyl (C=O) groups excluding carboxylic acids is 1. The van der Waals surface area contributed by atoms with Gasteiger partial charge in [-0.15, -0.1) is 0 Å². The molecule has 1 aliphatic rings. The van der Waals surface area contributed by atoms with Crippen LogP contribution in [0.5, 0.6) is 0 Å². The number of hydrogen-bond acceptors (Lipinski definition) is 3. The lowest BCUT2D eigenvalue weighted by atomic mass is 10.0. The molecule has 0 aromatic heterocycles. The fourth-order valence-corrected chi connectivity index (χ4v) is 2.05. The van der Waals surface area contributed by atoms with Crippen molar-refractivity contribution in [3.8, 4) is 0 Å². The van der Waals surface area contributed by atoms with Crippen molar-refractivity contribution < 1.29 is 9.53 Å². The first-order valence-electron chi connectivity index (χ1n) is 7.03. The van der Waals surface area contributed by atoms with Crippen molar-refractivity contribution in [1.82, 2.24) is 10.2 Å². The molecule has 1 heterocycles. The Balaban J connectivity index is 2.14. The number of hydrogen-bond donors (Lipinski definition) is 1. The Morgan fingerprint density at radius 1 is 1.44 bits per heavy atom. The Hall–Kier alpha value is -0.770. The van der Waals surface area contributed by atoms with E-state index < -0.39 is 5.60 Å². The van der Waals surface area contributed by atoms with Gasteiger partial charge in [0.05, 0.1) is 0 Å². The minimum atomic E-state index is -0.398. The summed E-state index contributed by atoms with van der Waals surface area (Å²) in [6, 6.07) is 0.442. The molecule has 0 spiro atoms. The molecule has 4 nitrogen and oxygen atoms in total. The maximum atomic E-state index is 11.7. The van der Waals surface area contributed by atoms with E-state index in [1.807, 2.05) is 20.8 Å². The summed E-state index contributed by atoms with van der Waals surface area (Å²) >= 11 is 0. The smallest absolute Gasteiger partial charge is 0.410 e. The summed E-state index contributed by atoms with van der Waals surface area (Å²) < 4.78 is 5.31. The molecule has 1 atom stereocenters. The molecule has 106 valence electrons. The van der Waals surface area contributed by atoms with Gasteiger partial charge < -0.3 is 15.0 Å². The molecule has 1 unspecified atom stereocenters. The van der Waals surface area contributed by atoms with Gasteiger partial charge in [0.25, 0.3) is 0 Å². The van der Waals surface area contributed by atoms with E-state index in [-0.39, 0.29) is 6.09 Å². The second-order valence-corrected chi connectivity index (χ2v) is 6.38. The zero-order valence-corrected chi connectivity index (χ0v) is 12.5. The summed E-state index contributed by atoms with van der Waals surface area (Å²) in [7, 11) is 0. The average Bonchev–Trinajstić information content (AvgIpc) is 2.12. The molecule has 1 fully saturated rings. The van der Waals surface area contributed by atoms with Gasteiger partial charge in [0.15, 0.2) is 0 Å². The summed E-state index contributed by atoms with van der Waals surface area (Å²) in [6.45, 7) is 12.7. The van der Waals surface area contributed by atoms with E-state index in [4.69, 9.17) is 4.74 Å². The van der Waals surface area contributed by atoms with Crippen LogP contribution in [-0.4, -0.2) is 42.3 Å². The molecule has 4 heteroatoms. The highest BCUT2D eigenvalue weighted by molar-refractivity contribution is 5.69. The van der Waals surface area contributed by atoms with Crippen LogP contribution in [0.3, 0.4) is 0 Å². The van der Waals surface area contributed by atoms with Gasteiger partial charge in [0.1, 0.15) is 5.60 Å². The number of ether oxygens (including phenoxy) is 1. The molecule has 0 aliphatic carbocycles. The Labute approximate surface area is 111 Å². The average molecular weight is 256 g/mol. The molecule has 0 aromatic carbocycles. The standard InChI is InChI=1S/C14H28N2O2/c1-6-7-11(2)8-15-12-9-16(10-12)13(17)18-14(3,4)5/h11-12,15H,6-10H2,1-5H3. The van der Waals surface area contributed by atoms with E-state index in [2.05, 4.69) is 19.2 Å². The van der Waals surface area contributed by atoms with E-state index in [0.29, 0.717) is 12.0 Å². The second-order valence-electron chi connectivity index (χ2n) is 6.38. The van der Waals surface area contributed by atoms with Gasteiger partial charge in [-0.3, -0.25) is 0 Å². The molecular formula is C14H28N2O2. The first kappa shape index (κ1) is 15.3. The highest BCUT2D eigenvalue weighted by Crippen LogP contribution is 2.15. The van der Waals surface area contributed by atoms with Crippen LogP contribution in [0, 0.1) is 5.92 Å². The van der Waals surface area contributed by atoms with Crippen molar-refractivity contribution in [3.05, 3.63) is 0 Å². The monoisotopic (exact) mass is 256 g/mol. The Morgan fingerprint density at radius 2 is 2.06 bits per heavy atom. The van der Waals surface area contributed by atoms with Crippen molar-refractivity contribution in [1.29, 1.82) is 0 Å². The molecule has 1 saturated heterocycles. The summed E-state index contributed by atoms with van der Waals surface area (Å²) in [5.74, 6) is 0.713. The van der Waals surface area contributed by atoms with Gasteiger partial charge in [-0.2, -0.15) is 0 Å². The quantitative estimate of drug-likeness (QED) is 0.822. The third kappa shape index (κ3) is 5.25. The molecule has 1 N–H and O–H groups in total. The number of rotatable bonds is 5. The number of likely N-dealkylation sites (tertiary alicyclic amines) is 1. The largest absolute Gasteiger partial charge is 0.444 e. The minimum Gasteiger partial charge on any atom is -0.444 e. The van der Waals surface area contributed by atoms with Gasteiger partial charge >= 0.3 is 6.09 Å². The van der Waals surface area contributed by atoms with Crippen LogP contribution < -0.4 is 5.32 Å². The number of carbonyl (C=O) groups is 1. The topological polar surface area (TPSA) is 41.6 Å². The predicted molar refractivity (Wildman–Crippen MR) is 73.7 cm³/mol. The maximum Gasteiger partial charge on any atom is 0.410 e. The zero-order valence-electron chi connectivity index (χ0n) is 12.5. The lowest BCUT2D eigenvalue weighted by Crippen LogP contribution is -2.61. The zero-order chi connectivity index (χ0) is 13.8. The number of amides is 1. The lowest BCUT2D eigenvalue weighted by molar-refractivity contribution is 0.00505. The SMILES string of the molecule is CCCC(C)CNC1CN(C(=O)OC(C)(C)C)C1. The third-order valence-corrected chi connectivity index (χ3v) is 3.07. The van der Waals surface area contributed by atoms with E-state index in [9.17, 15) is 4.79 Å². The van der Waals surface area contributed by atoms with Gasteiger partial charge in [0, 0.05) is 19.1 Å². The first-order valence-corrected chi connectivity index (χ1v) is 7.03. The van der Waals surface area contributed by atoms with E-state index >= 15 is 0 Å². The van der Waals surface area contributed by atoms with E-state index in [0.717, 1.165) is 19.6 Å². The first-order chi connectivity index (χ1) is 8.31. The molecule has 1 amide bonds. The predicted octanol–water partition coefficient (Wildman–Crippen LogP) is 2.63. The lowest BCUT2D eigenvalue weighted by Gasteiger charge is -2.40. The van der Waals surface area contributed by atoms with Crippen LogP contribution in [0.4, 0.5) is 4.79 Å². The van der Waals surface area contributed by atoms with Gasteiger partial charge in [-0.05, 0) is 39.7 Å². The van der Waals surface area contributed by atoms with Crippen molar-refractivity contribution in [2.24, 2.45) is 5.92 Å². The number of nitrogens with zero attached hydrogens (tertiary/aromatic N) is 1. The Morgan fingerprint density at radius 3 is 2.56 bits per heavy atom. The van der Waals surface area contributed by atoms with E-state index in [1.54, 1.807) is 4.90 Å². The summed E-state index contributed by atoms with van der Waals surface area (Å²) in [5, 5.41) is 3.50. The maximum absolute atomic E-state index is 11.7. The summed E-state index contributed by atoms with van der Waals surface area (Å²) in [6.07, 6.45) is 2.30. The second kappa shape index (κ2) is 6.41. The molecule has 0 aromatic rings. The van der Waals surface area contributed by atoms with Gasteiger partial charge in [-0.1, -0.05) is 20.3 Å². The van der Waals surface area contributed by atoms with Crippen molar-refractivity contribution >= 4 is 6.09 Å². The van der Waals surface area contributed by atoms with Crippen LogP contribution in [0.25, 0.3) is 0 Å². The molecule has 1 aliphatic heterocycles. The van der Waals surface area contributed by atoms with Crippen LogP contribution in [0.2, 0.25) is 0 Å². The van der Waals surface area contributed by atoms with Crippen LogP contribution in [-0.2, 0) is 4.74 Å². The summed E-state index contributed by atoms with van der Waals surface area (Å²) in [5.41, 5.74) is -0.398. The van der Waals surface area contributed by atoms with Gasteiger partial charge in [-0.25, -0.2) is 4.79 Å². The number of nitrogens with one attached hydrogen (secondary N) is 1. The fraction of sp³-hybridized carbons (Fsp3) is 0.929. The van der Waals surface area contributed by atoms with Crippen LogP contribution in [0.15, 0.2) is 0 Å². The Bertz CT molecular complexity index is 267. The minimum absolute atomic E-state index is 0.192. The van der Waals surface area contributed by atoms with Crippen LogP contribution in [0.1, 0.15) is 47.5 Å². The summed E-state index contributed by atoms with van der Waals surface area (Å²) in [4.78, 5) is 13.5. The molecule has 0 saturated carbocycles. The van der Waals surface area contributed by atoms with Crippen molar-refractivity contribution in [2.45, 2.75) is 59.1 Å². The molecule has 1 rings (SSSR count). The van der Waals surface area contributed by atoms with Crippen molar-refractivity contribution in [3.63, 3.8) is 0 Å². The highest BCUT2D eigenvalue weighted by Gasteiger charge is 2.33. The molecular weight excluding hydrogens is 228 g/mol. The molecule has 0 bridgehead atoms. The van der Waals surface area contributed by atoms with Crippen LogP contribution >= 0.6 is 0 Å². The van der Waals surface area contributed by atoms with E-state index in [1.165, 1.54) is 12.8 Å². The highest BCUT2D eigenvalue weighted by atomic mass is 16.6. The Kier molecular flexibility index (Phi) is 5.45. The fourth-order valence-electron chi connectivity index (χ4n) is 2.05. The third-order valence-electron chi connectivity index (χ3n) is 3.07.